The van der Waals surface area contributed by atoms with E-state index in [1.807, 2.05) is 0 Å². The lowest BCUT2D eigenvalue weighted by Crippen LogP contribution is -1.89. The molecule has 0 radical (unpaired) electrons. The standard InChI is InChI=1S/C6H6N2O2/c1-8-2-5(3-9)6(4-10)7-8/h2-4H,1H3. The predicted octanol–water partition coefficient (Wildman–Crippen LogP) is 0.0451. The van der Waals surface area contributed by atoms with Crippen LogP contribution in [0.3, 0.4) is 0 Å². The Hall–Kier alpha value is -1.45. The summed E-state index contributed by atoms with van der Waals surface area (Å²) in [7, 11) is 1.65. The van der Waals surface area contributed by atoms with Crippen LogP contribution in [0.1, 0.15) is 20.8 Å². The fraction of sp³-hybridized carbons (Fsp3) is 0.167. The highest BCUT2D eigenvalue weighted by Gasteiger charge is 2.03. The van der Waals surface area contributed by atoms with Crippen molar-refractivity contribution in [2.75, 3.05) is 0 Å². The molecule has 10 heavy (non-hydrogen) atoms. The summed E-state index contributed by atoms with van der Waals surface area (Å²) in [5.41, 5.74) is 0.523. The van der Waals surface area contributed by atoms with Gasteiger partial charge in [0, 0.05) is 13.2 Å². The Balaban J connectivity index is 3.20. The van der Waals surface area contributed by atoms with Gasteiger partial charge >= 0.3 is 0 Å². The Morgan fingerprint density at radius 1 is 1.50 bits per heavy atom. The van der Waals surface area contributed by atoms with Crippen molar-refractivity contribution >= 4 is 12.6 Å². The molecule has 0 saturated heterocycles. The van der Waals surface area contributed by atoms with Gasteiger partial charge in [0.1, 0.15) is 5.69 Å². The molecule has 52 valence electrons. The van der Waals surface area contributed by atoms with Gasteiger partial charge in [-0.15, -0.1) is 0 Å². The van der Waals surface area contributed by atoms with Gasteiger partial charge in [-0.2, -0.15) is 5.10 Å². The molecule has 1 aromatic rings. The number of hydrogen-bond donors (Lipinski definition) is 0. The number of hydrogen-bond acceptors (Lipinski definition) is 3. The van der Waals surface area contributed by atoms with Crippen LogP contribution in [0.15, 0.2) is 6.20 Å². The molecule has 0 amide bonds. The first kappa shape index (κ1) is 6.67. The van der Waals surface area contributed by atoms with Crippen LogP contribution < -0.4 is 0 Å². The zero-order valence-electron chi connectivity index (χ0n) is 5.44. The van der Waals surface area contributed by atoms with Crippen LogP contribution in [0.25, 0.3) is 0 Å². The zero-order valence-corrected chi connectivity index (χ0v) is 5.44. The van der Waals surface area contributed by atoms with Crippen LogP contribution >= 0.6 is 0 Å². The summed E-state index contributed by atoms with van der Waals surface area (Å²) in [6.45, 7) is 0. The Labute approximate surface area is 57.5 Å². The van der Waals surface area contributed by atoms with E-state index in [1.54, 1.807) is 7.05 Å². The highest BCUT2D eigenvalue weighted by atomic mass is 16.1. The zero-order chi connectivity index (χ0) is 7.56. The minimum absolute atomic E-state index is 0.192. The summed E-state index contributed by atoms with van der Waals surface area (Å²) in [5.74, 6) is 0. The van der Waals surface area contributed by atoms with Gasteiger partial charge in [0.15, 0.2) is 12.6 Å². The van der Waals surface area contributed by atoms with Gasteiger partial charge in [-0.3, -0.25) is 14.3 Å². The maximum absolute atomic E-state index is 10.2. The van der Waals surface area contributed by atoms with Gasteiger partial charge in [0.25, 0.3) is 0 Å². The molecule has 1 heterocycles. The van der Waals surface area contributed by atoms with Crippen LogP contribution in [0.2, 0.25) is 0 Å². The lowest BCUT2D eigenvalue weighted by atomic mass is 10.3. The molecule has 1 aromatic heterocycles. The molecule has 4 heteroatoms. The van der Waals surface area contributed by atoms with Crippen molar-refractivity contribution in [2.45, 2.75) is 0 Å². The summed E-state index contributed by atoms with van der Waals surface area (Å²) in [5, 5.41) is 3.72. The summed E-state index contributed by atoms with van der Waals surface area (Å²) < 4.78 is 1.42. The lowest BCUT2D eigenvalue weighted by molar-refractivity contribution is 0.109. The van der Waals surface area contributed by atoms with Crippen molar-refractivity contribution < 1.29 is 9.59 Å². The summed E-state index contributed by atoms with van der Waals surface area (Å²) in [4.78, 5) is 20.4. The molecule has 0 aliphatic rings. The molecule has 1 rings (SSSR count). The Bertz CT molecular complexity index is 239. The van der Waals surface area contributed by atoms with E-state index in [1.165, 1.54) is 10.9 Å². The van der Waals surface area contributed by atoms with Crippen molar-refractivity contribution in [3.05, 3.63) is 17.5 Å². The largest absolute Gasteiger partial charge is 0.298 e. The normalized spacial score (nSPS) is 9.30. The maximum atomic E-state index is 10.2. The topological polar surface area (TPSA) is 52.0 Å². The second-order valence-corrected chi connectivity index (χ2v) is 1.88. The number of carbonyl (C=O) groups excluding carboxylic acids is 2. The monoisotopic (exact) mass is 138 g/mol. The van der Waals surface area contributed by atoms with Gasteiger partial charge in [0.2, 0.25) is 0 Å². The molecule has 0 fully saturated rings. The van der Waals surface area contributed by atoms with E-state index in [2.05, 4.69) is 5.10 Å². The third-order valence-corrected chi connectivity index (χ3v) is 1.13. The first-order chi connectivity index (χ1) is 4.77. The van der Waals surface area contributed by atoms with E-state index in [-0.39, 0.29) is 5.69 Å². The average Bonchev–Trinajstić information content (AvgIpc) is 2.30. The van der Waals surface area contributed by atoms with Crippen molar-refractivity contribution in [1.82, 2.24) is 9.78 Å². The van der Waals surface area contributed by atoms with Crippen LogP contribution in [0.5, 0.6) is 0 Å². The molecule has 0 atom stereocenters. The van der Waals surface area contributed by atoms with Crippen molar-refractivity contribution in [3.63, 3.8) is 0 Å². The average molecular weight is 138 g/mol. The van der Waals surface area contributed by atoms with Crippen LogP contribution in [-0.2, 0) is 7.05 Å². The predicted molar refractivity (Wildman–Crippen MR) is 34.0 cm³/mol. The summed E-state index contributed by atoms with van der Waals surface area (Å²) in [6, 6.07) is 0. The number of rotatable bonds is 2. The van der Waals surface area contributed by atoms with Crippen LogP contribution in [-0.4, -0.2) is 22.4 Å². The van der Waals surface area contributed by atoms with Gasteiger partial charge in [-0.1, -0.05) is 0 Å². The van der Waals surface area contributed by atoms with Crippen LogP contribution in [0, 0.1) is 0 Å². The Morgan fingerprint density at radius 3 is 2.60 bits per heavy atom. The van der Waals surface area contributed by atoms with Crippen molar-refractivity contribution in [1.29, 1.82) is 0 Å². The molecule has 0 bridgehead atoms. The van der Waals surface area contributed by atoms with Gasteiger partial charge < -0.3 is 0 Å². The number of aromatic nitrogens is 2. The summed E-state index contributed by atoms with van der Waals surface area (Å²) in [6.07, 6.45) is 2.66. The summed E-state index contributed by atoms with van der Waals surface area (Å²) >= 11 is 0. The van der Waals surface area contributed by atoms with E-state index >= 15 is 0 Å². The second-order valence-electron chi connectivity index (χ2n) is 1.88. The first-order valence-corrected chi connectivity index (χ1v) is 2.72. The Kier molecular flexibility index (Phi) is 1.62. The van der Waals surface area contributed by atoms with E-state index < -0.39 is 0 Å². The number of carbonyl (C=O) groups is 2. The number of nitrogens with zero attached hydrogens (tertiary/aromatic N) is 2. The highest BCUT2D eigenvalue weighted by molar-refractivity contribution is 5.88. The van der Waals surface area contributed by atoms with Gasteiger partial charge in [0.05, 0.1) is 5.56 Å². The van der Waals surface area contributed by atoms with E-state index in [4.69, 9.17) is 0 Å². The molecule has 0 aliphatic carbocycles. The third kappa shape index (κ3) is 0.953. The fourth-order valence-electron chi connectivity index (χ4n) is 0.706. The maximum Gasteiger partial charge on any atom is 0.171 e. The smallest absolute Gasteiger partial charge is 0.171 e. The lowest BCUT2D eigenvalue weighted by Gasteiger charge is -1.79. The van der Waals surface area contributed by atoms with E-state index in [9.17, 15) is 9.59 Å². The second kappa shape index (κ2) is 2.43. The fourth-order valence-corrected chi connectivity index (χ4v) is 0.706. The van der Waals surface area contributed by atoms with E-state index in [0.29, 0.717) is 18.1 Å². The SMILES string of the molecule is Cn1cc(C=O)c(C=O)n1. The van der Waals surface area contributed by atoms with E-state index in [0.717, 1.165) is 0 Å². The molecule has 0 aliphatic heterocycles. The highest BCUT2D eigenvalue weighted by Crippen LogP contribution is 1.98. The number of aldehydes is 2. The first-order valence-electron chi connectivity index (χ1n) is 2.72. The molecular formula is C6H6N2O2. The molecule has 0 saturated carbocycles. The quantitative estimate of drug-likeness (QED) is 0.542. The Morgan fingerprint density at radius 2 is 2.20 bits per heavy atom. The van der Waals surface area contributed by atoms with Crippen molar-refractivity contribution in [3.8, 4) is 0 Å². The molecule has 0 N–H and O–H groups in total. The molecule has 0 spiro atoms. The number of aryl methyl sites for hydroxylation is 1. The van der Waals surface area contributed by atoms with Gasteiger partial charge in [-0.25, -0.2) is 0 Å². The molecular weight excluding hydrogens is 132 g/mol. The van der Waals surface area contributed by atoms with Gasteiger partial charge in [-0.05, 0) is 0 Å². The molecule has 0 aromatic carbocycles. The third-order valence-electron chi connectivity index (χ3n) is 1.13. The molecule has 4 nitrogen and oxygen atoms in total. The van der Waals surface area contributed by atoms with Crippen molar-refractivity contribution in [2.24, 2.45) is 7.05 Å². The minimum atomic E-state index is 0.192. The molecule has 0 unspecified atom stereocenters. The van der Waals surface area contributed by atoms with Crippen LogP contribution in [0.4, 0.5) is 0 Å². The minimum Gasteiger partial charge on any atom is -0.298 e.